The molecule has 2 bridgehead atoms. The molecule has 31 heavy (non-hydrogen) atoms. The highest BCUT2D eigenvalue weighted by molar-refractivity contribution is 5.83. The molecule has 3 saturated carbocycles. The summed E-state index contributed by atoms with van der Waals surface area (Å²) in [6.07, 6.45) is 19.9. The van der Waals surface area contributed by atoms with Crippen LogP contribution >= 0.6 is 0 Å². The number of unbranched alkanes of at least 4 members (excludes halogenated alkanes) is 2. The number of benzene rings is 1. The van der Waals surface area contributed by atoms with Gasteiger partial charge < -0.3 is 4.74 Å². The third-order valence-electron chi connectivity index (χ3n) is 7.62. The predicted octanol–water partition coefficient (Wildman–Crippen LogP) is 6.80. The molecule has 0 N–H and O–H groups in total. The van der Waals surface area contributed by atoms with Crippen molar-refractivity contribution in [1.29, 1.82) is 0 Å². The zero-order valence-electron chi connectivity index (χ0n) is 18.9. The number of nitrogens with zero attached hydrogens (tertiary/aromatic N) is 2. The standard InChI is InChI=1S/C27H34N2O2/c1-3-5-6-12-26-13-16-27(17-14-26,18-15-26)22-10-8-21(9-11-22)25-28-19-23(20-29-25)31-24(30)7-4-2/h4,7-11,19-20H,3,5-6,12-18H2,1-2H3/b7-4+. The van der Waals surface area contributed by atoms with Gasteiger partial charge in [0.25, 0.3) is 0 Å². The van der Waals surface area contributed by atoms with Crippen LogP contribution in [0.3, 0.4) is 0 Å². The van der Waals surface area contributed by atoms with E-state index < -0.39 is 5.97 Å². The van der Waals surface area contributed by atoms with Crippen LogP contribution in [-0.2, 0) is 10.2 Å². The minimum Gasteiger partial charge on any atom is -0.420 e. The molecule has 2 aromatic rings. The summed E-state index contributed by atoms with van der Waals surface area (Å²) in [7, 11) is 0. The molecule has 4 nitrogen and oxygen atoms in total. The van der Waals surface area contributed by atoms with Crippen LogP contribution < -0.4 is 4.74 Å². The zero-order valence-corrected chi connectivity index (χ0v) is 18.9. The lowest BCUT2D eigenvalue weighted by Gasteiger charge is -2.54. The number of carbonyl (C=O) groups excluding carboxylic acids is 1. The average Bonchev–Trinajstić information content (AvgIpc) is 2.81. The van der Waals surface area contributed by atoms with E-state index in [1.807, 2.05) is 0 Å². The number of carbonyl (C=O) groups is 1. The van der Waals surface area contributed by atoms with Gasteiger partial charge in [-0.15, -0.1) is 0 Å². The first-order valence-corrected chi connectivity index (χ1v) is 11.9. The molecule has 0 unspecified atom stereocenters. The van der Waals surface area contributed by atoms with Crippen molar-refractivity contribution in [2.24, 2.45) is 5.41 Å². The lowest BCUT2D eigenvalue weighted by atomic mass is 9.51. The second kappa shape index (κ2) is 9.33. The summed E-state index contributed by atoms with van der Waals surface area (Å²) in [5.41, 5.74) is 3.49. The molecular weight excluding hydrogens is 384 g/mol. The summed E-state index contributed by atoms with van der Waals surface area (Å²) in [4.78, 5) is 20.3. The first-order chi connectivity index (χ1) is 15.1. The summed E-state index contributed by atoms with van der Waals surface area (Å²) in [6.45, 7) is 4.07. The normalized spacial score (nSPS) is 25.1. The van der Waals surface area contributed by atoms with Gasteiger partial charge in [-0.05, 0) is 68.3 Å². The van der Waals surface area contributed by atoms with E-state index in [0.717, 1.165) is 5.56 Å². The average molecular weight is 419 g/mol. The molecule has 1 aromatic carbocycles. The summed E-state index contributed by atoms with van der Waals surface area (Å²) in [5, 5.41) is 0. The van der Waals surface area contributed by atoms with Crippen LogP contribution in [0, 0.1) is 5.41 Å². The molecule has 0 spiro atoms. The summed E-state index contributed by atoms with van der Waals surface area (Å²) in [6, 6.07) is 8.85. The van der Waals surface area contributed by atoms with Crippen LogP contribution in [0.25, 0.3) is 11.4 Å². The van der Waals surface area contributed by atoms with E-state index >= 15 is 0 Å². The maximum atomic E-state index is 11.5. The van der Waals surface area contributed by atoms with Crippen molar-refractivity contribution in [1.82, 2.24) is 9.97 Å². The van der Waals surface area contributed by atoms with Crippen LogP contribution in [-0.4, -0.2) is 15.9 Å². The van der Waals surface area contributed by atoms with Crippen LogP contribution in [0.5, 0.6) is 5.75 Å². The van der Waals surface area contributed by atoms with Crippen molar-refractivity contribution >= 4 is 5.97 Å². The Hall–Kier alpha value is -2.49. The van der Waals surface area contributed by atoms with Crippen molar-refractivity contribution in [3.8, 4) is 17.1 Å². The number of esters is 1. The second-order valence-corrected chi connectivity index (χ2v) is 9.48. The van der Waals surface area contributed by atoms with E-state index in [9.17, 15) is 4.79 Å². The Morgan fingerprint density at radius 2 is 1.65 bits per heavy atom. The molecule has 3 fully saturated rings. The van der Waals surface area contributed by atoms with Gasteiger partial charge in [0.1, 0.15) is 0 Å². The number of ether oxygens (including phenoxy) is 1. The van der Waals surface area contributed by atoms with E-state index in [0.29, 0.717) is 22.4 Å². The van der Waals surface area contributed by atoms with Gasteiger partial charge in [0, 0.05) is 11.6 Å². The first kappa shape index (κ1) is 21.7. The number of allylic oxidation sites excluding steroid dienone is 1. The predicted molar refractivity (Wildman–Crippen MR) is 124 cm³/mol. The number of hydrogen-bond donors (Lipinski definition) is 0. The van der Waals surface area contributed by atoms with Crippen LogP contribution in [0.1, 0.15) is 83.6 Å². The fourth-order valence-electron chi connectivity index (χ4n) is 5.60. The minimum absolute atomic E-state index is 0.356. The van der Waals surface area contributed by atoms with Gasteiger partial charge in [-0.2, -0.15) is 0 Å². The van der Waals surface area contributed by atoms with E-state index in [2.05, 4.69) is 41.2 Å². The molecular formula is C27H34N2O2. The number of hydrogen-bond acceptors (Lipinski definition) is 4. The SMILES string of the molecule is C/C=C/C(=O)Oc1cnc(-c2ccc(C34CCC(CCCCC)(CC3)CC4)cc2)nc1. The molecule has 164 valence electrons. The fraction of sp³-hybridized carbons (Fsp3) is 0.519. The lowest BCUT2D eigenvalue weighted by molar-refractivity contribution is -0.129. The third kappa shape index (κ3) is 4.73. The van der Waals surface area contributed by atoms with E-state index in [1.54, 1.807) is 25.4 Å². The maximum Gasteiger partial charge on any atom is 0.335 e. The molecule has 1 aromatic heterocycles. The number of fused-ring (bicyclic) bond motifs is 3. The monoisotopic (exact) mass is 418 g/mol. The van der Waals surface area contributed by atoms with E-state index in [4.69, 9.17) is 4.74 Å². The molecule has 1 heterocycles. The Morgan fingerprint density at radius 3 is 2.23 bits per heavy atom. The van der Waals surface area contributed by atoms with E-state index in [-0.39, 0.29) is 0 Å². The van der Waals surface area contributed by atoms with Crippen LogP contribution in [0.15, 0.2) is 48.8 Å². The molecule has 0 aliphatic heterocycles. The van der Waals surface area contributed by atoms with Gasteiger partial charge in [0.2, 0.25) is 0 Å². The molecule has 0 saturated heterocycles. The third-order valence-corrected chi connectivity index (χ3v) is 7.62. The quantitative estimate of drug-likeness (QED) is 0.269. The smallest absolute Gasteiger partial charge is 0.335 e. The first-order valence-electron chi connectivity index (χ1n) is 11.9. The molecule has 5 rings (SSSR count). The van der Waals surface area contributed by atoms with Crippen molar-refractivity contribution in [3.63, 3.8) is 0 Å². The van der Waals surface area contributed by atoms with Crippen molar-refractivity contribution < 1.29 is 9.53 Å². The van der Waals surface area contributed by atoms with Crippen LogP contribution in [0.4, 0.5) is 0 Å². The van der Waals surface area contributed by atoms with Gasteiger partial charge in [0.15, 0.2) is 11.6 Å². The maximum absolute atomic E-state index is 11.5. The molecule has 3 aliphatic rings. The number of rotatable bonds is 8. The van der Waals surface area contributed by atoms with Gasteiger partial charge in [0.05, 0.1) is 12.4 Å². The minimum atomic E-state index is -0.420. The number of aromatic nitrogens is 2. The lowest BCUT2D eigenvalue weighted by Crippen LogP contribution is -2.44. The van der Waals surface area contributed by atoms with Crippen molar-refractivity contribution in [2.75, 3.05) is 0 Å². The van der Waals surface area contributed by atoms with Crippen molar-refractivity contribution in [2.45, 2.75) is 83.5 Å². The Kier molecular flexibility index (Phi) is 6.54. The topological polar surface area (TPSA) is 52.1 Å². The van der Waals surface area contributed by atoms with Crippen molar-refractivity contribution in [3.05, 3.63) is 54.4 Å². The molecule has 3 aliphatic carbocycles. The zero-order chi connectivity index (χ0) is 21.7. The van der Waals surface area contributed by atoms with Gasteiger partial charge in [-0.25, -0.2) is 14.8 Å². The Labute approximate surface area is 186 Å². The second-order valence-electron chi connectivity index (χ2n) is 9.48. The Balaban J connectivity index is 1.41. The van der Waals surface area contributed by atoms with Gasteiger partial charge in [-0.1, -0.05) is 56.5 Å². The van der Waals surface area contributed by atoms with Crippen LogP contribution in [0.2, 0.25) is 0 Å². The highest BCUT2D eigenvalue weighted by Crippen LogP contribution is 2.59. The largest absolute Gasteiger partial charge is 0.420 e. The Morgan fingerprint density at radius 1 is 1.00 bits per heavy atom. The summed E-state index contributed by atoms with van der Waals surface area (Å²) in [5.74, 6) is 0.586. The summed E-state index contributed by atoms with van der Waals surface area (Å²) < 4.78 is 5.16. The molecule has 0 atom stereocenters. The highest BCUT2D eigenvalue weighted by atomic mass is 16.5. The Bertz CT molecular complexity index is 891. The highest BCUT2D eigenvalue weighted by Gasteiger charge is 2.48. The molecule has 0 amide bonds. The molecule has 0 radical (unpaired) electrons. The van der Waals surface area contributed by atoms with Gasteiger partial charge in [-0.3, -0.25) is 0 Å². The molecule has 4 heteroatoms. The fourth-order valence-corrected chi connectivity index (χ4v) is 5.60. The summed E-state index contributed by atoms with van der Waals surface area (Å²) >= 11 is 0. The van der Waals surface area contributed by atoms with E-state index in [1.165, 1.54) is 75.8 Å². The van der Waals surface area contributed by atoms with Gasteiger partial charge >= 0.3 is 5.97 Å².